The summed E-state index contributed by atoms with van der Waals surface area (Å²) < 4.78 is 0.987. The summed E-state index contributed by atoms with van der Waals surface area (Å²) in [6, 6.07) is 1.90. The lowest BCUT2D eigenvalue weighted by molar-refractivity contribution is -0.131. The Morgan fingerprint density at radius 3 is 2.83 bits per heavy atom. The van der Waals surface area contributed by atoms with E-state index in [1.54, 1.807) is 6.92 Å². The van der Waals surface area contributed by atoms with E-state index < -0.39 is 5.97 Å². The summed E-state index contributed by atoms with van der Waals surface area (Å²) in [5.41, 5.74) is 0.776. The Balaban J connectivity index is 2.91. The minimum absolute atomic E-state index is 0.776. The number of hydrogen-bond donors (Lipinski definition) is 1. The van der Waals surface area contributed by atoms with Crippen LogP contribution in [0.25, 0.3) is 5.57 Å². The molecule has 0 fully saturated rings. The Hall–Kier alpha value is -0.610. The van der Waals surface area contributed by atoms with Crippen molar-refractivity contribution in [2.45, 2.75) is 6.92 Å². The first-order valence-corrected chi connectivity index (χ1v) is 4.92. The molecule has 0 aliphatic heterocycles. The van der Waals surface area contributed by atoms with Crippen molar-refractivity contribution in [2.24, 2.45) is 0 Å². The van der Waals surface area contributed by atoms with Crippen LogP contribution < -0.4 is 0 Å². The maximum atomic E-state index is 10.3. The molecule has 0 saturated carbocycles. The second-order valence-corrected chi connectivity index (χ2v) is 4.12. The number of thiophene rings is 1. The molecule has 0 aliphatic rings. The molecule has 0 unspecified atom stereocenters. The van der Waals surface area contributed by atoms with E-state index in [1.165, 1.54) is 17.4 Å². The van der Waals surface area contributed by atoms with Crippen LogP contribution in [0.3, 0.4) is 0 Å². The zero-order chi connectivity index (χ0) is 9.14. The van der Waals surface area contributed by atoms with Crippen LogP contribution in [-0.4, -0.2) is 11.1 Å². The van der Waals surface area contributed by atoms with Crippen molar-refractivity contribution in [1.82, 2.24) is 0 Å². The second-order valence-electron chi connectivity index (χ2n) is 2.29. The lowest BCUT2D eigenvalue weighted by Crippen LogP contribution is -1.88. The van der Waals surface area contributed by atoms with Crippen LogP contribution in [0.15, 0.2) is 22.0 Å². The van der Waals surface area contributed by atoms with E-state index >= 15 is 0 Å². The molecule has 1 heterocycles. The van der Waals surface area contributed by atoms with Crippen LogP contribution >= 0.6 is 27.3 Å². The summed E-state index contributed by atoms with van der Waals surface area (Å²) in [5, 5.41) is 10.4. The van der Waals surface area contributed by atoms with Crippen molar-refractivity contribution in [1.29, 1.82) is 0 Å². The maximum absolute atomic E-state index is 10.3. The third-order valence-corrected chi connectivity index (χ3v) is 3.12. The van der Waals surface area contributed by atoms with E-state index in [0.29, 0.717) is 0 Å². The van der Waals surface area contributed by atoms with Gasteiger partial charge in [0.05, 0.1) is 0 Å². The Labute approximate surface area is 82.7 Å². The van der Waals surface area contributed by atoms with Gasteiger partial charge in [0.1, 0.15) is 0 Å². The van der Waals surface area contributed by atoms with Gasteiger partial charge in [-0.2, -0.15) is 0 Å². The summed E-state index contributed by atoms with van der Waals surface area (Å²) in [6.45, 7) is 1.78. The molecule has 0 spiro atoms. The van der Waals surface area contributed by atoms with Crippen molar-refractivity contribution < 1.29 is 9.90 Å². The lowest BCUT2D eigenvalue weighted by Gasteiger charge is -1.91. The number of aliphatic carboxylic acids is 1. The first-order chi connectivity index (χ1) is 5.59. The van der Waals surface area contributed by atoms with E-state index in [0.717, 1.165) is 14.9 Å². The van der Waals surface area contributed by atoms with E-state index in [1.807, 2.05) is 11.4 Å². The van der Waals surface area contributed by atoms with Crippen molar-refractivity contribution in [3.63, 3.8) is 0 Å². The number of allylic oxidation sites excluding steroid dienone is 1. The van der Waals surface area contributed by atoms with Gasteiger partial charge in [0.25, 0.3) is 0 Å². The zero-order valence-corrected chi connectivity index (χ0v) is 8.78. The van der Waals surface area contributed by atoms with Crippen LogP contribution in [0.1, 0.15) is 11.8 Å². The van der Waals surface area contributed by atoms with Crippen LogP contribution in [0, 0.1) is 0 Å². The van der Waals surface area contributed by atoms with E-state index in [9.17, 15) is 4.79 Å². The van der Waals surface area contributed by atoms with Gasteiger partial charge in [0.2, 0.25) is 0 Å². The van der Waals surface area contributed by atoms with Crippen molar-refractivity contribution >= 4 is 38.8 Å². The molecule has 12 heavy (non-hydrogen) atoms. The molecule has 1 rings (SSSR count). The molecule has 0 aromatic carbocycles. The fourth-order valence-electron chi connectivity index (χ4n) is 0.776. The number of halogens is 1. The first-order valence-electron chi connectivity index (χ1n) is 3.25. The van der Waals surface area contributed by atoms with Gasteiger partial charge in [-0.3, -0.25) is 0 Å². The average Bonchev–Trinajstić information content (AvgIpc) is 2.34. The standard InChI is InChI=1S/C8H7BrO2S/c1-5(2-8(10)11)7-3-6(9)4-12-7/h2-4H,1H3,(H,10,11)/b5-2-. The van der Waals surface area contributed by atoms with Crippen molar-refractivity contribution in [3.05, 3.63) is 26.9 Å². The summed E-state index contributed by atoms with van der Waals surface area (Å²) in [4.78, 5) is 11.3. The Morgan fingerprint density at radius 1 is 1.75 bits per heavy atom. The largest absolute Gasteiger partial charge is 0.478 e. The summed E-state index contributed by atoms with van der Waals surface area (Å²) in [7, 11) is 0. The quantitative estimate of drug-likeness (QED) is 0.815. The molecule has 0 atom stereocenters. The predicted octanol–water partition coefficient (Wildman–Crippen LogP) is 3.00. The molecule has 0 bridgehead atoms. The van der Waals surface area contributed by atoms with Crippen LogP contribution in [0.2, 0.25) is 0 Å². The fraction of sp³-hybridized carbons (Fsp3) is 0.125. The third-order valence-electron chi connectivity index (χ3n) is 1.30. The van der Waals surface area contributed by atoms with Crippen LogP contribution in [-0.2, 0) is 4.79 Å². The van der Waals surface area contributed by atoms with E-state index in [4.69, 9.17) is 5.11 Å². The molecular formula is C8H7BrO2S. The smallest absolute Gasteiger partial charge is 0.328 e. The zero-order valence-electron chi connectivity index (χ0n) is 6.37. The van der Waals surface area contributed by atoms with Gasteiger partial charge in [0, 0.05) is 20.8 Å². The Bertz CT molecular complexity index is 328. The van der Waals surface area contributed by atoms with Gasteiger partial charge in [-0.15, -0.1) is 11.3 Å². The number of carboxylic acids is 1. The topological polar surface area (TPSA) is 37.3 Å². The molecule has 64 valence electrons. The van der Waals surface area contributed by atoms with Gasteiger partial charge in [-0.1, -0.05) is 0 Å². The minimum Gasteiger partial charge on any atom is -0.478 e. The highest BCUT2D eigenvalue weighted by atomic mass is 79.9. The van der Waals surface area contributed by atoms with Crippen molar-refractivity contribution in [2.75, 3.05) is 0 Å². The van der Waals surface area contributed by atoms with Gasteiger partial charge in [-0.05, 0) is 34.5 Å². The fourth-order valence-corrected chi connectivity index (χ4v) is 2.18. The average molecular weight is 247 g/mol. The Kier molecular flexibility index (Phi) is 3.05. The molecule has 1 aromatic heterocycles. The maximum Gasteiger partial charge on any atom is 0.328 e. The molecule has 4 heteroatoms. The highest BCUT2D eigenvalue weighted by Gasteiger charge is 2.00. The summed E-state index contributed by atoms with van der Waals surface area (Å²) >= 11 is 4.82. The number of hydrogen-bond acceptors (Lipinski definition) is 2. The highest BCUT2D eigenvalue weighted by molar-refractivity contribution is 9.10. The van der Waals surface area contributed by atoms with E-state index in [-0.39, 0.29) is 0 Å². The molecule has 0 amide bonds. The molecule has 1 aromatic rings. The molecule has 2 nitrogen and oxygen atoms in total. The van der Waals surface area contributed by atoms with E-state index in [2.05, 4.69) is 15.9 Å². The minimum atomic E-state index is -0.906. The number of rotatable bonds is 2. The van der Waals surface area contributed by atoms with Gasteiger partial charge in [0.15, 0.2) is 0 Å². The summed E-state index contributed by atoms with van der Waals surface area (Å²) in [5.74, 6) is -0.906. The first kappa shape index (κ1) is 9.48. The molecular weight excluding hydrogens is 240 g/mol. The van der Waals surface area contributed by atoms with Gasteiger partial charge < -0.3 is 5.11 Å². The van der Waals surface area contributed by atoms with Gasteiger partial charge >= 0.3 is 5.97 Å². The second kappa shape index (κ2) is 3.87. The van der Waals surface area contributed by atoms with Gasteiger partial charge in [-0.25, -0.2) is 4.79 Å². The predicted molar refractivity (Wildman–Crippen MR) is 53.3 cm³/mol. The number of carbonyl (C=O) groups is 1. The van der Waals surface area contributed by atoms with Crippen LogP contribution in [0.4, 0.5) is 0 Å². The molecule has 0 saturated heterocycles. The highest BCUT2D eigenvalue weighted by Crippen LogP contribution is 2.25. The SMILES string of the molecule is C/C(=C/C(=O)O)c1cc(Br)cs1. The molecule has 0 radical (unpaired) electrons. The van der Waals surface area contributed by atoms with Crippen LogP contribution in [0.5, 0.6) is 0 Å². The Morgan fingerprint density at radius 2 is 2.42 bits per heavy atom. The summed E-state index contributed by atoms with van der Waals surface area (Å²) in [6.07, 6.45) is 1.21. The van der Waals surface area contributed by atoms with Crippen molar-refractivity contribution in [3.8, 4) is 0 Å². The third kappa shape index (κ3) is 2.46. The normalized spacial score (nSPS) is 11.7. The lowest BCUT2D eigenvalue weighted by atomic mass is 10.2. The molecule has 0 aliphatic carbocycles. The number of carboxylic acid groups (broad SMARTS) is 1. The monoisotopic (exact) mass is 246 g/mol. The molecule has 1 N–H and O–H groups in total.